The van der Waals surface area contributed by atoms with E-state index in [2.05, 4.69) is 0 Å². The topological polar surface area (TPSA) is 76.2 Å². The summed E-state index contributed by atoms with van der Waals surface area (Å²) in [5.74, 6) is 0.645. The van der Waals surface area contributed by atoms with Gasteiger partial charge in [-0.2, -0.15) is 0 Å². The summed E-state index contributed by atoms with van der Waals surface area (Å²) >= 11 is 0.852. The molecule has 3 amide bonds. The van der Waals surface area contributed by atoms with Crippen LogP contribution >= 0.6 is 11.8 Å². The molecular weight excluding hydrogens is 404 g/mol. The van der Waals surface area contributed by atoms with E-state index >= 15 is 0 Å². The summed E-state index contributed by atoms with van der Waals surface area (Å²) in [4.78, 5) is 41.0. The number of amides is 3. The standard InChI is InChI=1S/C22H28N2O5S/c1-3-28-17-10-9-16(18(14-17)29-4-2)13-19-21(26)24(22(27)30-19)15-20(25)23-11-7-5-6-8-12-23/h9-10,13-14H,3-8,11-12,15H2,1-2H3. The van der Waals surface area contributed by atoms with Crippen LogP contribution in [-0.4, -0.2) is 59.7 Å². The monoisotopic (exact) mass is 432 g/mol. The van der Waals surface area contributed by atoms with Gasteiger partial charge in [-0.05, 0) is 56.7 Å². The van der Waals surface area contributed by atoms with Gasteiger partial charge in [0.15, 0.2) is 0 Å². The quantitative estimate of drug-likeness (QED) is 0.608. The lowest BCUT2D eigenvalue weighted by molar-refractivity contribution is -0.135. The van der Waals surface area contributed by atoms with E-state index in [9.17, 15) is 14.4 Å². The fourth-order valence-electron chi connectivity index (χ4n) is 3.50. The number of thioether (sulfide) groups is 1. The highest BCUT2D eigenvalue weighted by Gasteiger charge is 2.37. The summed E-state index contributed by atoms with van der Waals surface area (Å²) in [5.41, 5.74) is 0.685. The Labute approximate surface area is 181 Å². The molecule has 0 atom stereocenters. The zero-order valence-corrected chi connectivity index (χ0v) is 18.3. The number of rotatable bonds is 7. The third kappa shape index (κ3) is 5.36. The van der Waals surface area contributed by atoms with Crippen molar-refractivity contribution in [2.24, 2.45) is 0 Å². The van der Waals surface area contributed by atoms with Crippen molar-refractivity contribution in [1.82, 2.24) is 9.80 Å². The summed E-state index contributed by atoms with van der Waals surface area (Å²) in [6.07, 6.45) is 5.79. The Hall–Kier alpha value is -2.48. The maximum atomic E-state index is 12.8. The fourth-order valence-corrected chi connectivity index (χ4v) is 4.33. The van der Waals surface area contributed by atoms with Gasteiger partial charge in [0.2, 0.25) is 5.91 Å². The number of carbonyl (C=O) groups is 3. The van der Waals surface area contributed by atoms with Gasteiger partial charge in [0.25, 0.3) is 11.1 Å². The molecule has 2 saturated heterocycles. The molecule has 0 unspecified atom stereocenters. The van der Waals surface area contributed by atoms with E-state index in [1.165, 1.54) is 0 Å². The van der Waals surface area contributed by atoms with Crippen LogP contribution in [0.1, 0.15) is 45.1 Å². The van der Waals surface area contributed by atoms with E-state index in [0.29, 0.717) is 43.4 Å². The van der Waals surface area contributed by atoms with Crippen LogP contribution in [0.2, 0.25) is 0 Å². The molecule has 7 nitrogen and oxygen atoms in total. The Morgan fingerprint density at radius 2 is 1.77 bits per heavy atom. The molecule has 30 heavy (non-hydrogen) atoms. The Kier molecular flexibility index (Phi) is 7.79. The van der Waals surface area contributed by atoms with Gasteiger partial charge in [-0.3, -0.25) is 19.3 Å². The van der Waals surface area contributed by atoms with Crippen molar-refractivity contribution in [3.05, 3.63) is 28.7 Å². The van der Waals surface area contributed by atoms with Crippen molar-refractivity contribution >= 4 is 34.9 Å². The van der Waals surface area contributed by atoms with Gasteiger partial charge in [-0.1, -0.05) is 12.8 Å². The number of hydrogen-bond donors (Lipinski definition) is 0. The molecule has 162 valence electrons. The highest BCUT2D eigenvalue weighted by atomic mass is 32.2. The van der Waals surface area contributed by atoms with Crippen molar-refractivity contribution in [3.8, 4) is 11.5 Å². The van der Waals surface area contributed by atoms with Crippen LogP contribution in [0.25, 0.3) is 6.08 Å². The van der Waals surface area contributed by atoms with E-state index in [-0.39, 0.29) is 17.4 Å². The Morgan fingerprint density at radius 1 is 1.07 bits per heavy atom. The molecule has 1 aromatic carbocycles. The molecule has 2 fully saturated rings. The smallest absolute Gasteiger partial charge is 0.294 e. The van der Waals surface area contributed by atoms with E-state index in [1.807, 2.05) is 13.8 Å². The van der Waals surface area contributed by atoms with Crippen LogP contribution in [-0.2, 0) is 9.59 Å². The first-order valence-corrected chi connectivity index (χ1v) is 11.3. The first kappa shape index (κ1) is 22.2. The van der Waals surface area contributed by atoms with Crippen molar-refractivity contribution in [2.45, 2.75) is 39.5 Å². The fraction of sp³-hybridized carbons (Fsp3) is 0.500. The Morgan fingerprint density at radius 3 is 2.43 bits per heavy atom. The number of ether oxygens (including phenoxy) is 2. The predicted octanol–water partition coefficient (Wildman–Crippen LogP) is 3.92. The van der Waals surface area contributed by atoms with Crippen molar-refractivity contribution in [3.63, 3.8) is 0 Å². The second-order valence-electron chi connectivity index (χ2n) is 7.13. The lowest BCUT2D eigenvalue weighted by Gasteiger charge is -2.22. The van der Waals surface area contributed by atoms with Crippen LogP contribution in [0.15, 0.2) is 23.1 Å². The van der Waals surface area contributed by atoms with Gasteiger partial charge in [0, 0.05) is 24.7 Å². The maximum absolute atomic E-state index is 12.8. The second kappa shape index (κ2) is 10.5. The zero-order chi connectivity index (χ0) is 21.5. The number of nitrogens with zero attached hydrogens (tertiary/aromatic N) is 2. The molecular formula is C22H28N2O5S. The second-order valence-corrected chi connectivity index (χ2v) is 8.12. The van der Waals surface area contributed by atoms with Crippen LogP contribution < -0.4 is 9.47 Å². The molecule has 0 spiro atoms. The average molecular weight is 433 g/mol. The first-order chi connectivity index (χ1) is 14.5. The minimum atomic E-state index is -0.440. The van der Waals surface area contributed by atoms with Crippen molar-refractivity contribution in [2.75, 3.05) is 32.8 Å². The van der Waals surface area contributed by atoms with Gasteiger partial charge in [-0.15, -0.1) is 0 Å². The van der Waals surface area contributed by atoms with E-state index in [1.54, 1.807) is 29.2 Å². The minimum Gasteiger partial charge on any atom is -0.494 e. The van der Waals surface area contributed by atoms with E-state index in [4.69, 9.17) is 9.47 Å². The van der Waals surface area contributed by atoms with Gasteiger partial charge in [0.1, 0.15) is 18.0 Å². The number of likely N-dealkylation sites (tertiary alicyclic amines) is 1. The summed E-state index contributed by atoms with van der Waals surface area (Å²) in [5, 5.41) is -0.418. The highest BCUT2D eigenvalue weighted by molar-refractivity contribution is 8.18. The predicted molar refractivity (Wildman–Crippen MR) is 117 cm³/mol. The highest BCUT2D eigenvalue weighted by Crippen LogP contribution is 2.35. The third-order valence-corrected chi connectivity index (χ3v) is 5.92. The van der Waals surface area contributed by atoms with Gasteiger partial charge < -0.3 is 14.4 Å². The van der Waals surface area contributed by atoms with Crippen molar-refractivity contribution in [1.29, 1.82) is 0 Å². The molecule has 8 heteroatoms. The first-order valence-electron chi connectivity index (χ1n) is 10.5. The molecule has 0 aromatic heterocycles. The van der Waals surface area contributed by atoms with E-state index in [0.717, 1.165) is 42.3 Å². The largest absolute Gasteiger partial charge is 0.494 e. The molecule has 1 aromatic rings. The normalized spacial score (nSPS) is 18.7. The Bertz CT molecular complexity index is 831. The molecule has 2 aliphatic rings. The lowest BCUT2D eigenvalue weighted by Crippen LogP contribution is -2.42. The summed E-state index contributed by atoms with van der Waals surface area (Å²) in [6.45, 7) is 5.95. The van der Waals surface area contributed by atoms with Gasteiger partial charge >= 0.3 is 0 Å². The third-order valence-electron chi connectivity index (χ3n) is 5.01. The molecule has 2 aliphatic heterocycles. The van der Waals surface area contributed by atoms with Crippen LogP contribution in [0.3, 0.4) is 0 Å². The zero-order valence-electron chi connectivity index (χ0n) is 17.5. The average Bonchev–Trinajstić information content (AvgIpc) is 2.93. The molecule has 0 bridgehead atoms. The minimum absolute atomic E-state index is 0.170. The summed E-state index contributed by atoms with van der Waals surface area (Å²) < 4.78 is 11.2. The number of imide groups is 1. The summed E-state index contributed by atoms with van der Waals surface area (Å²) in [7, 11) is 0. The molecule has 3 rings (SSSR count). The van der Waals surface area contributed by atoms with Gasteiger partial charge in [0.05, 0.1) is 18.1 Å². The van der Waals surface area contributed by atoms with Crippen molar-refractivity contribution < 1.29 is 23.9 Å². The summed E-state index contributed by atoms with van der Waals surface area (Å²) in [6, 6.07) is 5.36. The van der Waals surface area contributed by atoms with E-state index < -0.39 is 11.1 Å². The molecule has 0 saturated carbocycles. The number of benzene rings is 1. The van der Waals surface area contributed by atoms with Crippen LogP contribution in [0.5, 0.6) is 11.5 Å². The van der Waals surface area contributed by atoms with Crippen LogP contribution in [0.4, 0.5) is 4.79 Å². The Balaban J connectivity index is 1.75. The maximum Gasteiger partial charge on any atom is 0.294 e. The lowest BCUT2D eigenvalue weighted by atomic mass is 10.1. The van der Waals surface area contributed by atoms with Crippen LogP contribution in [0, 0.1) is 0 Å². The molecule has 0 N–H and O–H groups in total. The van der Waals surface area contributed by atoms with Gasteiger partial charge in [-0.25, -0.2) is 0 Å². The number of hydrogen-bond acceptors (Lipinski definition) is 6. The SMILES string of the molecule is CCOc1ccc(C=C2SC(=O)N(CC(=O)N3CCCCCC3)C2=O)c(OCC)c1. The number of carbonyl (C=O) groups excluding carboxylic acids is 3. The molecule has 0 aliphatic carbocycles. The molecule has 2 heterocycles. The molecule has 0 radical (unpaired) electrons.